The molecule has 0 radical (unpaired) electrons. The molecule has 0 aliphatic heterocycles. The molecular weight excluding hydrogens is 782 g/mol. The minimum absolute atomic E-state index is 0.00982. The number of ketones is 2. The average Bonchev–Trinajstić information content (AvgIpc) is 3.59. The van der Waals surface area contributed by atoms with Crippen molar-refractivity contribution in [3.8, 4) is 11.6 Å². The number of rotatable bonds is 11. The SMILES string of the molecule is CN(C)[C@@H]1c2onc(OCc3ccccc3)c2C(=O)C2(O[Si](C)(C)C(C)(C)C)C(=O)C3=C(O)c4c(OCc5ccccc5)cc(CN(C)C(C)(C)C)c(Cl)c4C[C@H]3C[C@@H]12. The van der Waals surface area contributed by atoms with Gasteiger partial charge in [0.1, 0.15) is 30.3 Å². The van der Waals surface area contributed by atoms with Gasteiger partial charge < -0.3 is 23.5 Å². The Bertz CT molecular complexity index is 2280. The largest absolute Gasteiger partial charge is 0.507 e. The molecule has 10 nitrogen and oxygen atoms in total. The van der Waals surface area contributed by atoms with Crippen molar-refractivity contribution in [2.45, 2.75) is 109 Å². The first-order valence-corrected chi connectivity index (χ1v) is 23.7. The second-order valence-corrected chi connectivity index (χ2v) is 24.3. The van der Waals surface area contributed by atoms with Crippen LogP contribution < -0.4 is 9.47 Å². The number of aliphatic hydroxyl groups excluding tert-OH is 1. The van der Waals surface area contributed by atoms with Crippen LogP contribution in [0, 0.1) is 11.8 Å². The molecule has 3 aromatic carbocycles. The fraction of sp³-hybridized carbons (Fsp3) is 0.468. The van der Waals surface area contributed by atoms with E-state index in [1.165, 1.54) is 0 Å². The van der Waals surface area contributed by atoms with E-state index in [1.807, 2.05) is 98.8 Å². The molecule has 12 heteroatoms. The summed E-state index contributed by atoms with van der Waals surface area (Å²) in [6, 6.07) is 20.7. The number of fused-ring (bicyclic) bond motifs is 4. The number of aromatic nitrogens is 1. The maximum absolute atomic E-state index is 15.9. The molecule has 4 aromatic rings. The van der Waals surface area contributed by atoms with Crippen molar-refractivity contribution in [3.05, 3.63) is 116 Å². The number of ether oxygens (including phenoxy) is 2. The lowest BCUT2D eigenvalue weighted by Crippen LogP contribution is -2.68. The molecular formula is C47H58ClN3O7Si. The van der Waals surface area contributed by atoms with Crippen LogP contribution in [0.1, 0.15) is 97.9 Å². The molecule has 1 fully saturated rings. The Balaban J connectivity index is 1.42. The van der Waals surface area contributed by atoms with Crippen LogP contribution >= 0.6 is 11.6 Å². The molecule has 1 heterocycles. The molecule has 1 saturated carbocycles. The first-order chi connectivity index (χ1) is 27.7. The summed E-state index contributed by atoms with van der Waals surface area (Å²) in [6.07, 6.45) is 0.681. The number of carbonyl (C=O) groups excluding carboxylic acids is 2. The van der Waals surface area contributed by atoms with Crippen molar-refractivity contribution in [2.24, 2.45) is 11.8 Å². The standard InChI is InChI=1S/C47H58ClN3O7Si/c1-45(2,3)51(9)25-31-24-34(55-26-28-18-14-12-15-19-28)36-32(38(31)48)22-30-23-33-39(50(7)8)41-37(44(49-57-41)56-27-29-20-16-13-17-21-29)43(54)47(33,42(53)35(30)40(36)52)58-59(10,11)46(4,5)6/h12-21,24,30,33,39,52H,22-23,25-27H2,1-11H3/t30-,33-,39-,47?/m0/s1. The minimum Gasteiger partial charge on any atom is -0.507 e. The van der Waals surface area contributed by atoms with Crippen LogP contribution in [0.4, 0.5) is 0 Å². The van der Waals surface area contributed by atoms with E-state index in [9.17, 15) is 5.11 Å². The van der Waals surface area contributed by atoms with Crippen LogP contribution in [0.25, 0.3) is 5.76 Å². The Morgan fingerprint density at radius 2 is 1.49 bits per heavy atom. The third-order valence-electron chi connectivity index (χ3n) is 13.1. The molecule has 7 rings (SSSR count). The first kappa shape index (κ1) is 42.8. The lowest BCUT2D eigenvalue weighted by Gasteiger charge is -2.55. The molecule has 1 aromatic heterocycles. The molecule has 314 valence electrons. The molecule has 0 amide bonds. The van der Waals surface area contributed by atoms with E-state index in [-0.39, 0.29) is 46.6 Å². The van der Waals surface area contributed by atoms with E-state index < -0.39 is 43.4 Å². The molecule has 59 heavy (non-hydrogen) atoms. The maximum atomic E-state index is 15.9. The highest BCUT2D eigenvalue weighted by molar-refractivity contribution is 6.74. The quantitative estimate of drug-likeness (QED) is 0.116. The predicted octanol–water partition coefficient (Wildman–Crippen LogP) is 10.0. The van der Waals surface area contributed by atoms with E-state index in [2.05, 4.69) is 58.6 Å². The van der Waals surface area contributed by atoms with Gasteiger partial charge in [0.15, 0.2) is 19.7 Å². The number of hydrogen-bond donors (Lipinski definition) is 1. The highest BCUT2D eigenvalue weighted by atomic mass is 35.5. The summed E-state index contributed by atoms with van der Waals surface area (Å²) in [7, 11) is 2.95. The van der Waals surface area contributed by atoms with Gasteiger partial charge in [-0.2, -0.15) is 0 Å². The normalized spacial score (nSPS) is 22.0. The number of halogens is 1. The number of benzene rings is 3. The van der Waals surface area contributed by atoms with Gasteiger partial charge in [-0.3, -0.25) is 19.4 Å². The second kappa shape index (κ2) is 15.6. The number of Topliss-reactive ketones (excluding diaryl/α,β-unsaturated/α-hetero) is 2. The topological polar surface area (TPSA) is 115 Å². The van der Waals surface area contributed by atoms with Crippen molar-refractivity contribution >= 4 is 37.2 Å². The smallest absolute Gasteiger partial charge is 0.265 e. The van der Waals surface area contributed by atoms with Crippen molar-refractivity contribution in [1.29, 1.82) is 0 Å². The molecule has 0 saturated heterocycles. The Kier molecular flexibility index (Phi) is 11.4. The predicted molar refractivity (Wildman–Crippen MR) is 232 cm³/mol. The number of aliphatic hydroxyl groups is 1. The van der Waals surface area contributed by atoms with E-state index >= 15 is 9.59 Å². The lowest BCUT2D eigenvalue weighted by atomic mass is 9.57. The molecule has 3 aliphatic carbocycles. The summed E-state index contributed by atoms with van der Waals surface area (Å²) in [5, 5.41) is 17.1. The molecule has 1 N–H and O–H groups in total. The van der Waals surface area contributed by atoms with Gasteiger partial charge >= 0.3 is 0 Å². The molecule has 3 aliphatic rings. The molecule has 0 spiro atoms. The summed E-state index contributed by atoms with van der Waals surface area (Å²) in [5.41, 5.74) is 1.86. The first-order valence-electron chi connectivity index (χ1n) is 20.5. The number of carbonyl (C=O) groups is 2. The van der Waals surface area contributed by atoms with Crippen LogP contribution in [-0.4, -0.2) is 72.2 Å². The molecule has 0 bridgehead atoms. The van der Waals surface area contributed by atoms with Gasteiger partial charge in [-0.15, -0.1) is 0 Å². The van der Waals surface area contributed by atoms with Crippen molar-refractivity contribution in [2.75, 3.05) is 21.1 Å². The van der Waals surface area contributed by atoms with Gasteiger partial charge in [0.2, 0.25) is 11.6 Å². The molecule has 1 unspecified atom stereocenters. The monoisotopic (exact) mass is 839 g/mol. The van der Waals surface area contributed by atoms with Crippen molar-refractivity contribution in [1.82, 2.24) is 15.0 Å². The Morgan fingerprint density at radius 3 is 2.05 bits per heavy atom. The highest BCUT2D eigenvalue weighted by Gasteiger charge is 2.69. The zero-order chi connectivity index (χ0) is 42.8. The van der Waals surface area contributed by atoms with Gasteiger partial charge in [-0.25, -0.2) is 0 Å². The Morgan fingerprint density at radius 1 is 0.898 bits per heavy atom. The maximum Gasteiger partial charge on any atom is 0.265 e. The summed E-state index contributed by atoms with van der Waals surface area (Å²) < 4.78 is 26.1. The van der Waals surface area contributed by atoms with Crippen LogP contribution in [0.3, 0.4) is 0 Å². The van der Waals surface area contributed by atoms with E-state index in [4.69, 9.17) is 30.0 Å². The fourth-order valence-electron chi connectivity index (χ4n) is 8.50. The van der Waals surface area contributed by atoms with Gasteiger partial charge in [-0.1, -0.05) is 93.0 Å². The number of nitrogens with zero attached hydrogens (tertiary/aromatic N) is 3. The van der Waals surface area contributed by atoms with Gasteiger partial charge in [0.05, 0.1) is 11.6 Å². The second-order valence-electron chi connectivity index (χ2n) is 19.2. The summed E-state index contributed by atoms with van der Waals surface area (Å²) in [4.78, 5) is 35.7. The third-order valence-corrected chi connectivity index (χ3v) is 18.0. The van der Waals surface area contributed by atoms with Crippen molar-refractivity contribution in [3.63, 3.8) is 0 Å². The Hall–Kier alpha value is -4.26. The van der Waals surface area contributed by atoms with Crippen LogP contribution in [0.2, 0.25) is 23.2 Å². The lowest BCUT2D eigenvalue weighted by molar-refractivity contribution is -0.140. The fourth-order valence-corrected chi connectivity index (χ4v) is 10.2. The van der Waals surface area contributed by atoms with E-state index in [0.717, 1.165) is 16.7 Å². The minimum atomic E-state index is -2.91. The van der Waals surface area contributed by atoms with Crippen LogP contribution in [-0.2, 0) is 35.4 Å². The Labute approximate surface area is 354 Å². The zero-order valence-electron chi connectivity index (χ0n) is 36.2. The number of hydrogen-bond acceptors (Lipinski definition) is 10. The van der Waals surface area contributed by atoms with Crippen LogP contribution in [0.5, 0.6) is 11.6 Å². The average molecular weight is 841 g/mol. The van der Waals surface area contributed by atoms with Crippen LogP contribution in [0.15, 0.2) is 76.8 Å². The van der Waals surface area contributed by atoms with E-state index in [0.29, 0.717) is 47.0 Å². The zero-order valence-corrected chi connectivity index (χ0v) is 38.0. The van der Waals surface area contributed by atoms with E-state index in [1.54, 1.807) is 0 Å². The summed E-state index contributed by atoms with van der Waals surface area (Å²) in [5.74, 6) is -1.75. The molecule has 4 atom stereocenters. The van der Waals surface area contributed by atoms with Crippen molar-refractivity contribution < 1.29 is 33.1 Å². The summed E-state index contributed by atoms with van der Waals surface area (Å²) >= 11 is 7.37. The van der Waals surface area contributed by atoms with Gasteiger partial charge in [-0.05, 0) is 112 Å². The van der Waals surface area contributed by atoms with Gasteiger partial charge in [0.25, 0.3) is 5.88 Å². The third kappa shape index (κ3) is 7.58. The van der Waals surface area contributed by atoms with Gasteiger partial charge in [0, 0.05) is 28.6 Å². The summed E-state index contributed by atoms with van der Waals surface area (Å²) in [6.45, 7) is 17.7. The highest BCUT2D eigenvalue weighted by Crippen LogP contribution is 2.59.